The van der Waals surface area contributed by atoms with Crippen molar-refractivity contribution in [2.75, 3.05) is 0 Å². The third-order valence-corrected chi connectivity index (χ3v) is 3.35. The van der Waals surface area contributed by atoms with Crippen molar-refractivity contribution < 1.29 is 10.2 Å². The summed E-state index contributed by atoms with van der Waals surface area (Å²) in [6, 6.07) is 10.2. The Labute approximate surface area is 116 Å². The van der Waals surface area contributed by atoms with Gasteiger partial charge in [-0.25, -0.2) is 4.98 Å². The van der Waals surface area contributed by atoms with Gasteiger partial charge in [0.2, 0.25) is 0 Å². The molecule has 3 aromatic rings. The van der Waals surface area contributed by atoms with E-state index in [1.807, 2.05) is 12.1 Å². The number of aromatic amines is 1. The molecule has 0 amide bonds. The van der Waals surface area contributed by atoms with Gasteiger partial charge in [-0.15, -0.1) is 0 Å². The van der Waals surface area contributed by atoms with Crippen LogP contribution < -0.4 is 0 Å². The van der Waals surface area contributed by atoms with Gasteiger partial charge < -0.3 is 15.2 Å². The molecule has 4 nitrogen and oxygen atoms in total. The lowest BCUT2D eigenvalue weighted by Crippen LogP contribution is -1.82. The van der Waals surface area contributed by atoms with Crippen molar-refractivity contribution in [3.05, 3.63) is 40.0 Å². The molecule has 5 heteroatoms. The number of aromatic hydroxyl groups is 2. The van der Waals surface area contributed by atoms with Crippen molar-refractivity contribution >= 4 is 33.6 Å². The van der Waals surface area contributed by atoms with Gasteiger partial charge in [0.25, 0.3) is 0 Å². The number of hydrogen-bond acceptors (Lipinski definition) is 3. The lowest BCUT2D eigenvalue weighted by Gasteiger charge is -2.01. The fraction of sp³-hybridized carbons (Fsp3) is 0. The van der Waals surface area contributed by atoms with Crippen molar-refractivity contribution in [1.82, 2.24) is 9.97 Å². The van der Waals surface area contributed by atoms with Gasteiger partial charge in [0.15, 0.2) is 0 Å². The summed E-state index contributed by atoms with van der Waals surface area (Å²) in [5.41, 5.74) is 2.14. The monoisotopic (exact) mass is 352 g/mol. The van der Waals surface area contributed by atoms with Crippen molar-refractivity contribution in [2.45, 2.75) is 0 Å². The number of H-pyrrole nitrogens is 1. The van der Waals surface area contributed by atoms with Gasteiger partial charge in [-0.2, -0.15) is 0 Å². The minimum atomic E-state index is 0.179. The Hall–Kier alpha value is -1.76. The van der Waals surface area contributed by atoms with E-state index >= 15 is 0 Å². The number of halogens is 1. The van der Waals surface area contributed by atoms with Crippen LogP contribution in [0.5, 0.6) is 11.5 Å². The molecular formula is C13H9IN2O2. The number of nitrogens with one attached hydrogen (secondary N) is 1. The van der Waals surface area contributed by atoms with Crippen LogP contribution in [0.2, 0.25) is 0 Å². The quantitative estimate of drug-likeness (QED) is 0.589. The van der Waals surface area contributed by atoms with Gasteiger partial charge in [-0.3, -0.25) is 0 Å². The molecule has 0 atom stereocenters. The van der Waals surface area contributed by atoms with E-state index in [-0.39, 0.29) is 11.5 Å². The number of benzene rings is 2. The Morgan fingerprint density at radius 2 is 1.89 bits per heavy atom. The summed E-state index contributed by atoms with van der Waals surface area (Å²) < 4.78 is 1.02. The standard InChI is InChI=1S/C13H9IN2O2/c14-7-1-4-12(18)9(5-7)13-15-10-3-2-8(17)6-11(10)16-13/h1-6,17-18H,(H,15,16). The third-order valence-electron chi connectivity index (χ3n) is 2.68. The number of imidazole rings is 1. The highest BCUT2D eigenvalue weighted by Crippen LogP contribution is 2.30. The fourth-order valence-corrected chi connectivity index (χ4v) is 2.31. The number of aromatic nitrogens is 2. The maximum Gasteiger partial charge on any atom is 0.142 e. The largest absolute Gasteiger partial charge is 0.508 e. The van der Waals surface area contributed by atoms with Crippen LogP contribution in [-0.2, 0) is 0 Å². The Morgan fingerprint density at radius 3 is 2.72 bits per heavy atom. The fourth-order valence-electron chi connectivity index (χ4n) is 1.82. The minimum absolute atomic E-state index is 0.179. The molecule has 0 saturated heterocycles. The van der Waals surface area contributed by atoms with E-state index in [4.69, 9.17) is 0 Å². The molecule has 0 spiro atoms. The predicted molar refractivity (Wildman–Crippen MR) is 77.6 cm³/mol. The van der Waals surface area contributed by atoms with Crippen LogP contribution in [0.25, 0.3) is 22.4 Å². The molecule has 0 bridgehead atoms. The summed E-state index contributed by atoms with van der Waals surface area (Å²) in [5.74, 6) is 0.954. The molecule has 90 valence electrons. The predicted octanol–water partition coefficient (Wildman–Crippen LogP) is 3.25. The second-order valence-electron chi connectivity index (χ2n) is 3.95. The molecule has 1 heterocycles. The molecule has 18 heavy (non-hydrogen) atoms. The maximum absolute atomic E-state index is 9.86. The molecular weight excluding hydrogens is 343 g/mol. The van der Waals surface area contributed by atoms with E-state index in [1.54, 1.807) is 24.3 Å². The van der Waals surface area contributed by atoms with Crippen LogP contribution in [0.1, 0.15) is 0 Å². The van der Waals surface area contributed by atoms with Crippen LogP contribution in [0.4, 0.5) is 0 Å². The minimum Gasteiger partial charge on any atom is -0.508 e. The first-order chi connectivity index (χ1) is 8.63. The van der Waals surface area contributed by atoms with Crippen LogP contribution in [-0.4, -0.2) is 20.2 Å². The van der Waals surface area contributed by atoms with E-state index in [0.29, 0.717) is 11.4 Å². The number of rotatable bonds is 1. The lowest BCUT2D eigenvalue weighted by molar-refractivity contribution is 0.476. The van der Waals surface area contributed by atoms with Crippen LogP contribution >= 0.6 is 22.6 Å². The normalized spacial score (nSPS) is 10.9. The first kappa shape index (κ1) is 11.3. The summed E-state index contributed by atoms with van der Waals surface area (Å²) >= 11 is 2.18. The topological polar surface area (TPSA) is 69.1 Å². The molecule has 0 aliphatic heterocycles. The highest BCUT2D eigenvalue weighted by Gasteiger charge is 2.10. The SMILES string of the molecule is Oc1ccc2nc(-c3cc(I)ccc3O)[nH]c2c1. The highest BCUT2D eigenvalue weighted by molar-refractivity contribution is 14.1. The average Bonchev–Trinajstić information content (AvgIpc) is 2.74. The smallest absolute Gasteiger partial charge is 0.142 e. The van der Waals surface area contributed by atoms with E-state index in [9.17, 15) is 10.2 Å². The van der Waals surface area contributed by atoms with Crippen LogP contribution in [0.15, 0.2) is 36.4 Å². The summed E-state index contributed by atoms with van der Waals surface area (Å²) in [6.07, 6.45) is 0. The second kappa shape index (κ2) is 4.16. The molecule has 0 radical (unpaired) electrons. The molecule has 3 N–H and O–H groups in total. The first-order valence-corrected chi connectivity index (χ1v) is 6.39. The van der Waals surface area contributed by atoms with Crippen LogP contribution in [0, 0.1) is 3.57 Å². The number of phenols is 2. The number of fused-ring (bicyclic) bond motifs is 1. The van der Waals surface area contributed by atoms with Gasteiger partial charge in [0.05, 0.1) is 16.6 Å². The Bertz CT molecular complexity index is 737. The maximum atomic E-state index is 9.86. The zero-order chi connectivity index (χ0) is 12.7. The Morgan fingerprint density at radius 1 is 1.06 bits per heavy atom. The van der Waals surface area contributed by atoms with Crippen molar-refractivity contribution in [3.63, 3.8) is 0 Å². The zero-order valence-corrected chi connectivity index (χ0v) is 11.3. The number of hydrogen-bond donors (Lipinski definition) is 3. The molecule has 0 unspecified atom stereocenters. The number of phenolic OH excluding ortho intramolecular Hbond substituents is 2. The molecule has 2 aromatic carbocycles. The molecule has 1 aromatic heterocycles. The van der Waals surface area contributed by atoms with E-state index in [2.05, 4.69) is 32.6 Å². The first-order valence-electron chi connectivity index (χ1n) is 5.31. The molecule has 0 saturated carbocycles. The Balaban J connectivity index is 2.22. The summed E-state index contributed by atoms with van der Waals surface area (Å²) in [5, 5.41) is 19.3. The Kier molecular flexibility index (Phi) is 2.62. The van der Waals surface area contributed by atoms with Gasteiger partial charge in [-0.05, 0) is 52.9 Å². The van der Waals surface area contributed by atoms with Gasteiger partial charge in [-0.1, -0.05) is 0 Å². The lowest BCUT2D eigenvalue weighted by atomic mass is 10.2. The van der Waals surface area contributed by atoms with Gasteiger partial charge in [0, 0.05) is 9.64 Å². The van der Waals surface area contributed by atoms with Crippen molar-refractivity contribution in [2.24, 2.45) is 0 Å². The number of nitrogens with zero attached hydrogens (tertiary/aromatic N) is 1. The van der Waals surface area contributed by atoms with Gasteiger partial charge in [0.1, 0.15) is 17.3 Å². The van der Waals surface area contributed by atoms with Crippen molar-refractivity contribution in [3.8, 4) is 22.9 Å². The second-order valence-corrected chi connectivity index (χ2v) is 5.19. The molecule has 0 aliphatic rings. The summed E-state index contributed by atoms with van der Waals surface area (Å²) in [7, 11) is 0. The molecule has 0 fully saturated rings. The highest BCUT2D eigenvalue weighted by atomic mass is 127. The van der Waals surface area contributed by atoms with Crippen molar-refractivity contribution in [1.29, 1.82) is 0 Å². The molecule has 3 rings (SSSR count). The van der Waals surface area contributed by atoms with Gasteiger partial charge >= 0.3 is 0 Å². The summed E-state index contributed by atoms with van der Waals surface area (Å²) in [6.45, 7) is 0. The van der Waals surface area contributed by atoms with E-state index < -0.39 is 0 Å². The van der Waals surface area contributed by atoms with E-state index in [1.165, 1.54) is 0 Å². The van der Waals surface area contributed by atoms with Crippen LogP contribution in [0.3, 0.4) is 0 Å². The molecule has 0 aliphatic carbocycles. The average molecular weight is 352 g/mol. The summed E-state index contributed by atoms with van der Waals surface area (Å²) in [4.78, 5) is 7.48. The van der Waals surface area contributed by atoms with E-state index in [0.717, 1.165) is 14.6 Å². The third kappa shape index (κ3) is 1.90. The zero-order valence-electron chi connectivity index (χ0n) is 9.18.